The van der Waals surface area contributed by atoms with Gasteiger partial charge in [-0.05, 0) is 19.0 Å². The van der Waals surface area contributed by atoms with Crippen molar-refractivity contribution in [2.75, 3.05) is 13.6 Å². The van der Waals surface area contributed by atoms with E-state index in [4.69, 9.17) is 4.42 Å². The lowest BCUT2D eigenvalue weighted by Crippen LogP contribution is -2.28. The van der Waals surface area contributed by atoms with Crippen LogP contribution >= 0.6 is 0 Å². The third kappa shape index (κ3) is 3.72. The third-order valence-electron chi connectivity index (χ3n) is 3.07. The number of rotatable bonds is 8. The maximum atomic E-state index is 12.6. The van der Waals surface area contributed by atoms with Crippen LogP contribution in [0.25, 0.3) is 0 Å². The van der Waals surface area contributed by atoms with Gasteiger partial charge >= 0.3 is 0 Å². The smallest absolute Gasteiger partial charge is 0.260 e. The Kier molecular flexibility index (Phi) is 5.16. The molecule has 2 N–H and O–H groups in total. The van der Waals surface area contributed by atoms with Gasteiger partial charge in [-0.1, -0.05) is 6.92 Å². The van der Waals surface area contributed by atoms with Gasteiger partial charge in [-0.15, -0.1) is 0 Å². The molecule has 0 unspecified atom stereocenters. The van der Waals surface area contributed by atoms with Gasteiger partial charge in [0.2, 0.25) is 0 Å². The lowest BCUT2D eigenvalue weighted by Gasteiger charge is -2.16. The van der Waals surface area contributed by atoms with Gasteiger partial charge in [0, 0.05) is 31.3 Å². The van der Waals surface area contributed by atoms with Crippen LogP contribution in [-0.4, -0.2) is 36.5 Å². The van der Waals surface area contributed by atoms with Crippen LogP contribution in [0.1, 0.15) is 24.5 Å². The zero-order valence-electron chi connectivity index (χ0n) is 12.2. The molecule has 0 amide bonds. The van der Waals surface area contributed by atoms with Gasteiger partial charge in [-0.2, -0.15) is 9.40 Å². The van der Waals surface area contributed by atoms with E-state index in [-0.39, 0.29) is 11.6 Å². The molecule has 7 nitrogen and oxygen atoms in total. The van der Waals surface area contributed by atoms with Crippen LogP contribution in [0.4, 0.5) is 0 Å². The number of hydrogen-bond donors (Lipinski definition) is 2. The molecule has 0 fully saturated rings. The first kappa shape index (κ1) is 15.7. The minimum atomic E-state index is -3.61. The largest absolute Gasteiger partial charge is 0.472 e. The molecule has 116 valence electrons. The van der Waals surface area contributed by atoms with E-state index >= 15 is 0 Å². The maximum Gasteiger partial charge on any atom is 0.260 e. The van der Waals surface area contributed by atoms with E-state index in [1.807, 2.05) is 0 Å². The molecule has 0 atom stereocenters. The minimum absolute atomic E-state index is 0.136. The molecule has 8 heteroatoms. The van der Waals surface area contributed by atoms with Crippen molar-refractivity contribution in [3.05, 3.63) is 35.9 Å². The number of sulfonamides is 1. The monoisotopic (exact) mass is 312 g/mol. The van der Waals surface area contributed by atoms with Crippen molar-refractivity contribution in [3.63, 3.8) is 0 Å². The third-order valence-corrected chi connectivity index (χ3v) is 4.89. The summed E-state index contributed by atoms with van der Waals surface area (Å²) in [5.74, 6) is 0. The SMILES string of the molecule is CCCNCc1cn[nH]c1S(=O)(=O)N(C)Cc1ccoc1. The second kappa shape index (κ2) is 6.88. The van der Waals surface area contributed by atoms with E-state index in [1.54, 1.807) is 12.3 Å². The number of nitrogens with zero attached hydrogens (tertiary/aromatic N) is 2. The maximum absolute atomic E-state index is 12.6. The van der Waals surface area contributed by atoms with Crippen LogP contribution in [0.5, 0.6) is 0 Å². The molecular weight excluding hydrogens is 292 g/mol. The van der Waals surface area contributed by atoms with E-state index in [2.05, 4.69) is 22.4 Å². The molecular formula is C13H20N4O3S. The fraction of sp³-hybridized carbons (Fsp3) is 0.462. The summed E-state index contributed by atoms with van der Waals surface area (Å²) in [6.45, 7) is 3.60. The highest BCUT2D eigenvalue weighted by Gasteiger charge is 2.26. The van der Waals surface area contributed by atoms with Gasteiger partial charge in [0.1, 0.15) is 0 Å². The van der Waals surface area contributed by atoms with Crippen LogP contribution in [0.2, 0.25) is 0 Å². The Morgan fingerprint density at radius 2 is 2.29 bits per heavy atom. The first-order valence-corrected chi connectivity index (χ1v) is 8.20. The summed E-state index contributed by atoms with van der Waals surface area (Å²) in [6.07, 6.45) is 5.58. The lowest BCUT2D eigenvalue weighted by molar-refractivity contribution is 0.459. The van der Waals surface area contributed by atoms with Crippen LogP contribution in [0.15, 0.2) is 34.2 Å². The topological polar surface area (TPSA) is 91.2 Å². The quantitative estimate of drug-likeness (QED) is 0.717. The predicted molar refractivity (Wildman–Crippen MR) is 77.9 cm³/mol. The van der Waals surface area contributed by atoms with Crippen molar-refractivity contribution < 1.29 is 12.8 Å². The van der Waals surface area contributed by atoms with Crippen molar-refractivity contribution in [2.24, 2.45) is 0 Å². The van der Waals surface area contributed by atoms with Crippen LogP contribution in [0.3, 0.4) is 0 Å². The molecule has 0 aromatic carbocycles. The van der Waals surface area contributed by atoms with Gasteiger partial charge < -0.3 is 9.73 Å². The molecule has 0 saturated carbocycles. The first-order valence-electron chi connectivity index (χ1n) is 6.76. The van der Waals surface area contributed by atoms with Crippen LogP contribution in [0, 0.1) is 0 Å². The normalized spacial score (nSPS) is 12.1. The van der Waals surface area contributed by atoms with Crippen LogP contribution < -0.4 is 5.32 Å². The molecule has 0 spiro atoms. The molecule has 0 aliphatic heterocycles. The number of nitrogens with one attached hydrogen (secondary N) is 2. The second-order valence-corrected chi connectivity index (χ2v) is 6.78. The Hall–Kier alpha value is -1.64. The van der Waals surface area contributed by atoms with E-state index in [0.717, 1.165) is 18.5 Å². The summed E-state index contributed by atoms with van der Waals surface area (Å²) in [6, 6.07) is 1.74. The average Bonchev–Trinajstić information content (AvgIpc) is 3.10. The molecule has 21 heavy (non-hydrogen) atoms. The first-order chi connectivity index (χ1) is 10.1. The molecule has 0 bridgehead atoms. The number of aromatic nitrogens is 2. The summed E-state index contributed by atoms with van der Waals surface area (Å²) >= 11 is 0. The van der Waals surface area contributed by atoms with Gasteiger partial charge in [0.15, 0.2) is 5.03 Å². The number of H-pyrrole nitrogens is 1. The Balaban J connectivity index is 2.13. The predicted octanol–water partition coefficient (Wildman–Crippen LogP) is 1.32. The van der Waals surface area contributed by atoms with Gasteiger partial charge in [-0.3, -0.25) is 5.10 Å². The lowest BCUT2D eigenvalue weighted by atomic mass is 10.3. The average molecular weight is 312 g/mol. The van der Waals surface area contributed by atoms with Crippen molar-refractivity contribution in [1.82, 2.24) is 19.8 Å². The second-order valence-electron chi connectivity index (χ2n) is 4.79. The Labute approximate surface area is 124 Å². The molecule has 2 aromatic rings. The minimum Gasteiger partial charge on any atom is -0.472 e. The molecule has 0 saturated heterocycles. The van der Waals surface area contributed by atoms with Crippen molar-refractivity contribution in [3.8, 4) is 0 Å². The summed E-state index contributed by atoms with van der Waals surface area (Å²) in [4.78, 5) is 0. The Bertz CT molecular complexity index is 649. The zero-order chi connectivity index (χ0) is 15.3. The molecule has 0 aliphatic carbocycles. The number of hydrogen-bond acceptors (Lipinski definition) is 5. The summed E-state index contributed by atoms with van der Waals surface area (Å²) in [5, 5.41) is 9.76. The van der Waals surface area contributed by atoms with Gasteiger partial charge in [0.05, 0.1) is 18.7 Å². The molecule has 2 rings (SSSR count). The van der Waals surface area contributed by atoms with Crippen LogP contribution in [-0.2, 0) is 23.1 Å². The van der Waals surface area contributed by atoms with E-state index < -0.39 is 10.0 Å². The summed E-state index contributed by atoms with van der Waals surface area (Å²) < 4.78 is 31.4. The Morgan fingerprint density at radius 1 is 1.48 bits per heavy atom. The highest BCUT2D eigenvalue weighted by molar-refractivity contribution is 7.89. The molecule has 2 heterocycles. The zero-order valence-corrected chi connectivity index (χ0v) is 13.0. The number of furan rings is 1. The highest BCUT2D eigenvalue weighted by Crippen LogP contribution is 2.18. The fourth-order valence-corrected chi connectivity index (χ4v) is 3.18. The van der Waals surface area contributed by atoms with Gasteiger partial charge in [0.25, 0.3) is 10.0 Å². The van der Waals surface area contributed by atoms with Crippen molar-refractivity contribution in [1.29, 1.82) is 0 Å². The Morgan fingerprint density at radius 3 is 2.95 bits per heavy atom. The highest BCUT2D eigenvalue weighted by atomic mass is 32.2. The number of aromatic amines is 1. The van der Waals surface area contributed by atoms with E-state index in [9.17, 15) is 8.42 Å². The standard InChI is InChI=1S/C13H20N4O3S/c1-3-5-14-7-12-8-15-16-13(12)21(18,19)17(2)9-11-4-6-20-10-11/h4,6,8,10,14H,3,5,7,9H2,1-2H3,(H,15,16). The van der Waals surface area contributed by atoms with Crippen molar-refractivity contribution in [2.45, 2.75) is 31.5 Å². The van der Waals surface area contributed by atoms with Crippen molar-refractivity contribution >= 4 is 10.0 Å². The molecule has 0 aliphatic rings. The van der Waals surface area contributed by atoms with E-state index in [1.165, 1.54) is 23.9 Å². The molecule has 2 aromatic heterocycles. The summed E-state index contributed by atoms with van der Waals surface area (Å²) in [5.41, 5.74) is 1.44. The van der Waals surface area contributed by atoms with E-state index in [0.29, 0.717) is 12.1 Å². The molecule has 0 radical (unpaired) electrons. The summed E-state index contributed by atoms with van der Waals surface area (Å²) in [7, 11) is -2.07. The fourth-order valence-electron chi connectivity index (χ4n) is 1.93. The van der Waals surface area contributed by atoms with Gasteiger partial charge in [-0.25, -0.2) is 8.42 Å².